The van der Waals surface area contributed by atoms with Crippen LogP contribution in [0.5, 0.6) is 0 Å². The van der Waals surface area contributed by atoms with E-state index in [9.17, 15) is 4.79 Å². The summed E-state index contributed by atoms with van der Waals surface area (Å²) in [6, 6.07) is 8.07. The van der Waals surface area contributed by atoms with Gasteiger partial charge >= 0.3 is 0 Å². The van der Waals surface area contributed by atoms with Crippen LogP contribution in [-0.4, -0.2) is 10.4 Å². The topological polar surface area (TPSA) is 22.0 Å². The SMILES string of the molecule is CCC(=O)C(C)n1ccc2ccc(Br)cc21. The Labute approximate surface area is 103 Å². The zero-order valence-corrected chi connectivity index (χ0v) is 11.0. The average molecular weight is 280 g/mol. The second kappa shape index (κ2) is 4.42. The molecule has 16 heavy (non-hydrogen) atoms. The minimum Gasteiger partial charge on any atom is -0.337 e. The fourth-order valence-electron chi connectivity index (χ4n) is 1.91. The second-order valence-corrected chi connectivity index (χ2v) is 4.84. The van der Waals surface area contributed by atoms with Crippen LogP contribution in [0.25, 0.3) is 10.9 Å². The quantitative estimate of drug-likeness (QED) is 0.834. The van der Waals surface area contributed by atoms with Crippen molar-refractivity contribution in [2.75, 3.05) is 0 Å². The summed E-state index contributed by atoms with van der Waals surface area (Å²) >= 11 is 3.46. The molecule has 2 aromatic rings. The molecule has 1 aromatic heterocycles. The summed E-state index contributed by atoms with van der Waals surface area (Å²) in [4.78, 5) is 11.7. The first kappa shape index (κ1) is 11.4. The van der Waals surface area contributed by atoms with Crippen molar-refractivity contribution in [1.29, 1.82) is 0 Å². The van der Waals surface area contributed by atoms with Gasteiger partial charge in [-0.05, 0) is 30.5 Å². The lowest BCUT2D eigenvalue weighted by molar-refractivity contribution is -0.121. The number of hydrogen-bond donors (Lipinski definition) is 0. The summed E-state index contributed by atoms with van der Waals surface area (Å²) in [7, 11) is 0. The second-order valence-electron chi connectivity index (χ2n) is 3.92. The molecule has 2 nitrogen and oxygen atoms in total. The Balaban J connectivity index is 2.52. The van der Waals surface area contributed by atoms with E-state index in [4.69, 9.17) is 0 Å². The van der Waals surface area contributed by atoms with Crippen molar-refractivity contribution in [3.05, 3.63) is 34.9 Å². The van der Waals surface area contributed by atoms with Gasteiger partial charge in [0.2, 0.25) is 0 Å². The van der Waals surface area contributed by atoms with Crippen LogP contribution in [0.2, 0.25) is 0 Å². The third-order valence-electron chi connectivity index (χ3n) is 2.92. The molecule has 0 spiro atoms. The lowest BCUT2D eigenvalue weighted by Crippen LogP contribution is -2.14. The Bertz CT molecular complexity index is 530. The fraction of sp³-hybridized carbons (Fsp3) is 0.308. The Morgan fingerprint density at radius 3 is 2.88 bits per heavy atom. The highest BCUT2D eigenvalue weighted by molar-refractivity contribution is 9.10. The maximum atomic E-state index is 11.7. The lowest BCUT2D eigenvalue weighted by atomic mass is 10.1. The van der Waals surface area contributed by atoms with E-state index in [0.717, 1.165) is 9.99 Å². The molecule has 0 amide bonds. The molecule has 1 heterocycles. The zero-order valence-electron chi connectivity index (χ0n) is 9.40. The molecular weight excluding hydrogens is 266 g/mol. The highest BCUT2D eigenvalue weighted by Gasteiger charge is 2.14. The predicted molar refractivity (Wildman–Crippen MR) is 69.6 cm³/mol. The third kappa shape index (κ3) is 1.92. The highest BCUT2D eigenvalue weighted by Crippen LogP contribution is 2.24. The van der Waals surface area contributed by atoms with E-state index in [2.05, 4.69) is 28.1 Å². The van der Waals surface area contributed by atoms with Crippen LogP contribution in [0.15, 0.2) is 34.9 Å². The molecule has 1 unspecified atom stereocenters. The van der Waals surface area contributed by atoms with Gasteiger partial charge in [-0.25, -0.2) is 0 Å². The molecule has 0 N–H and O–H groups in total. The normalized spacial score (nSPS) is 12.9. The Morgan fingerprint density at radius 2 is 2.19 bits per heavy atom. The number of Topliss-reactive ketones (excluding diaryl/α,β-unsaturated/α-hetero) is 1. The van der Waals surface area contributed by atoms with E-state index < -0.39 is 0 Å². The van der Waals surface area contributed by atoms with Gasteiger partial charge in [-0.15, -0.1) is 0 Å². The van der Waals surface area contributed by atoms with Crippen molar-refractivity contribution in [3.63, 3.8) is 0 Å². The number of carbonyl (C=O) groups is 1. The lowest BCUT2D eigenvalue weighted by Gasteiger charge is -2.13. The van der Waals surface area contributed by atoms with Crippen molar-refractivity contribution in [1.82, 2.24) is 4.57 Å². The Kier molecular flexibility index (Phi) is 3.15. The minimum atomic E-state index is -0.0863. The molecule has 0 aliphatic heterocycles. The van der Waals surface area contributed by atoms with Crippen molar-refractivity contribution >= 4 is 32.6 Å². The molecule has 0 saturated heterocycles. The molecule has 0 bridgehead atoms. The van der Waals surface area contributed by atoms with E-state index in [-0.39, 0.29) is 11.8 Å². The van der Waals surface area contributed by atoms with Gasteiger partial charge in [0.15, 0.2) is 5.78 Å². The Morgan fingerprint density at radius 1 is 1.44 bits per heavy atom. The van der Waals surface area contributed by atoms with Crippen LogP contribution in [0.3, 0.4) is 0 Å². The maximum Gasteiger partial charge on any atom is 0.155 e. The number of rotatable bonds is 3. The molecule has 84 valence electrons. The monoisotopic (exact) mass is 279 g/mol. The molecule has 0 saturated carbocycles. The molecule has 1 atom stereocenters. The molecule has 0 aliphatic rings. The zero-order chi connectivity index (χ0) is 11.7. The largest absolute Gasteiger partial charge is 0.337 e. The number of fused-ring (bicyclic) bond motifs is 1. The molecule has 1 aromatic carbocycles. The molecule has 0 fully saturated rings. The number of nitrogens with zero attached hydrogens (tertiary/aromatic N) is 1. The van der Waals surface area contributed by atoms with Gasteiger partial charge in [-0.3, -0.25) is 4.79 Å². The van der Waals surface area contributed by atoms with Crippen LogP contribution in [0, 0.1) is 0 Å². The van der Waals surface area contributed by atoms with E-state index in [1.54, 1.807) is 0 Å². The van der Waals surface area contributed by atoms with Crippen LogP contribution < -0.4 is 0 Å². The van der Waals surface area contributed by atoms with Gasteiger partial charge < -0.3 is 4.57 Å². The third-order valence-corrected chi connectivity index (χ3v) is 3.41. The van der Waals surface area contributed by atoms with E-state index in [0.29, 0.717) is 6.42 Å². The number of carbonyl (C=O) groups excluding carboxylic acids is 1. The molecular formula is C13H14BrNO. The van der Waals surface area contributed by atoms with Gasteiger partial charge in [0.25, 0.3) is 0 Å². The maximum absolute atomic E-state index is 11.7. The average Bonchev–Trinajstić information content (AvgIpc) is 2.69. The Hall–Kier alpha value is -1.09. The summed E-state index contributed by atoms with van der Waals surface area (Å²) in [5, 5.41) is 1.17. The number of aromatic nitrogens is 1. The van der Waals surface area contributed by atoms with Gasteiger partial charge in [-0.1, -0.05) is 28.9 Å². The van der Waals surface area contributed by atoms with Crippen LogP contribution in [-0.2, 0) is 4.79 Å². The first-order valence-electron chi connectivity index (χ1n) is 5.42. The minimum absolute atomic E-state index is 0.0863. The number of ketones is 1. The molecule has 2 rings (SSSR count). The van der Waals surface area contributed by atoms with Crippen molar-refractivity contribution in [2.45, 2.75) is 26.3 Å². The van der Waals surface area contributed by atoms with Crippen LogP contribution in [0.4, 0.5) is 0 Å². The molecule has 3 heteroatoms. The standard InChI is InChI=1S/C13H14BrNO/c1-3-13(16)9(2)15-7-6-10-4-5-11(14)8-12(10)15/h4-9H,3H2,1-2H3. The van der Waals surface area contributed by atoms with Gasteiger partial charge in [0.1, 0.15) is 0 Å². The van der Waals surface area contributed by atoms with Gasteiger partial charge in [0.05, 0.1) is 6.04 Å². The predicted octanol–water partition coefficient (Wildman–Crippen LogP) is 3.94. The summed E-state index contributed by atoms with van der Waals surface area (Å²) in [6.45, 7) is 3.85. The number of benzene rings is 1. The number of hydrogen-bond acceptors (Lipinski definition) is 1. The van der Waals surface area contributed by atoms with Crippen molar-refractivity contribution in [2.24, 2.45) is 0 Å². The number of halogens is 1. The first-order chi connectivity index (χ1) is 7.63. The summed E-state index contributed by atoms with van der Waals surface area (Å²) < 4.78 is 3.07. The molecule has 0 aliphatic carbocycles. The first-order valence-corrected chi connectivity index (χ1v) is 6.21. The van der Waals surface area contributed by atoms with Crippen LogP contribution in [0.1, 0.15) is 26.3 Å². The van der Waals surface area contributed by atoms with Gasteiger partial charge in [0, 0.05) is 22.6 Å². The summed E-state index contributed by atoms with van der Waals surface area (Å²) in [5.41, 5.74) is 1.10. The summed E-state index contributed by atoms with van der Waals surface area (Å²) in [6.07, 6.45) is 2.56. The van der Waals surface area contributed by atoms with Crippen LogP contribution >= 0.6 is 15.9 Å². The van der Waals surface area contributed by atoms with Gasteiger partial charge in [-0.2, -0.15) is 0 Å². The fourth-order valence-corrected chi connectivity index (χ4v) is 2.26. The highest BCUT2D eigenvalue weighted by atomic mass is 79.9. The van der Waals surface area contributed by atoms with E-state index in [1.807, 2.05) is 36.7 Å². The molecule has 0 radical (unpaired) electrons. The summed E-state index contributed by atoms with van der Waals surface area (Å²) in [5.74, 6) is 0.262. The van der Waals surface area contributed by atoms with E-state index >= 15 is 0 Å². The van der Waals surface area contributed by atoms with Crippen molar-refractivity contribution in [3.8, 4) is 0 Å². The smallest absolute Gasteiger partial charge is 0.155 e. The van der Waals surface area contributed by atoms with Crippen molar-refractivity contribution < 1.29 is 4.79 Å². The van der Waals surface area contributed by atoms with E-state index in [1.165, 1.54) is 5.39 Å².